The molecule has 0 heterocycles. The fourth-order valence-corrected chi connectivity index (χ4v) is 1.29. The van der Waals surface area contributed by atoms with Gasteiger partial charge in [0.05, 0.1) is 19.3 Å². The minimum atomic E-state index is 0.245. The fourth-order valence-electron chi connectivity index (χ4n) is 1.29. The molecule has 0 aliphatic carbocycles. The Morgan fingerprint density at radius 2 is 1.75 bits per heavy atom. The molecule has 0 aromatic carbocycles. The van der Waals surface area contributed by atoms with Gasteiger partial charge in [-0.25, -0.2) is 0 Å². The van der Waals surface area contributed by atoms with Crippen LogP contribution in [0.25, 0.3) is 0 Å². The van der Waals surface area contributed by atoms with Gasteiger partial charge < -0.3 is 14.8 Å². The first-order valence-corrected chi connectivity index (χ1v) is 6.50. The predicted molar refractivity (Wildman–Crippen MR) is 68.8 cm³/mol. The summed E-state index contributed by atoms with van der Waals surface area (Å²) in [6.45, 7) is 14.0. The van der Waals surface area contributed by atoms with Crippen molar-refractivity contribution in [2.24, 2.45) is 5.92 Å². The van der Waals surface area contributed by atoms with E-state index in [4.69, 9.17) is 9.47 Å². The number of rotatable bonds is 10. The molecule has 0 saturated heterocycles. The average Bonchev–Trinajstić information content (AvgIpc) is 2.24. The molecule has 98 valence electrons. The van der Waals surface area contributed by atoms with Crippen LogP contribution in [0.5, 0.6) is 0 Å². The molecule has 3 heteroatoms. The Morgan fingerprint density at radius 3 is 2.31 bits per heavy atom. The van der Waals surface area contributed by atoms with Gasteiger partial charge in [0.15, 0.2) is 0 Å². The topological polar surface area (TPSA) is 30.5 Å². The summed E-state index contributed by atoms with van der Waals surface area (Å²) in [6, 6.07) is 0.407. The minimum absolute atomic E-state index is 0.245. The second kappa shape index (κ2) is 10.1. The van der Waals surface area contributed by atoms with Crippen molar-refractivity contribution in [3.05, 3.63) is 0 Å². The van der Waals surface area contributed by atoms with E-state index in [1.165, 1.54) is 0 Å². The molecule has 0 aliphatic heterocycles. The lowest BCUT2D eigenvalue weighted by Gasteiger charge is -2.21. The third-order valence-corrected chi connectivity index (χ3v) is 2.48. The zero-order valence-electron chi connectivity index (χ0n) is 11.6. The highest BCUT2D eigenvalue weighted by Gasteiger charge is 2.10. The van der Waals surface area contributed by atoms with Gasteiger partial charge in [0.1, 0.15) is 0 Å². The van der Waals surface area contributed by atoms with Crippen molar-refractivity contribution in [1.82, 2.24) is 5.32 Å². The highest BCUT2D eigenvalue weighted by molar-refractivity contribution is 4.67. The second-order valence-electron chi connectivity index (χ2n) is 4.79. The first-order chi connectivity index (χ1) is 7.57. The summed E-state index contributed by atoms with van der Waals surface area (Å²) in [5.74, 6) is 0.600. The minimum Gasteiger partial charge on any atom is -0.379 e. The number of hydrogen-bond acceptors (Lipinski definition) is 3. The molecule has 0 aromatic rings. The van der Waals surface area contributed by atoms with Crippen LogP contribution >= 0.6 is 0 Å². The number of hydrogen-bond donors (Lipinski definition) is 1. The molecule has 0 aliphatic rings. The van der Waals surface area contributed by atoms with Gasteiger partial charge in [0, 0.05) is 12.6 Å². The van der Waals surface area contributed by atoms with Crippen molar-refractivity contribution in [1.29, 1.82) is 0 Å². The van der Waals surface area contributed by atoms with Gasteiger partial charge >= 0.3 is 0 Å². The van der Waals surface area contributed by atoms with Crippen LogP contribution in [0.15, 0.2) is 0 Å². The van der Waals surface area contributed by atoms with Crippen LogP contribution in [0, 0.1) is 5.92 Å². The van der Waals surface area contributed by atoms with Crippen molar-refractivity contribution in [3.63, 3.8) is 0 Å². The molecule has 0 spiro atoms. The molecule has 0 saturated carbocycles. The maximum atomic E-state index is 5.70. The van der Waals surface area contributed by atoms with Gasteiger partial charge in [-0.05, 0) is 32.7 Å². The van der Waals surface area contributed by atoms with E-state index in [1.807, 2.05) is 0 Å². The molecule has 1 N–H and O–H groups in total. The smallest absolute Gasteiger partial charge is 0.0704 e. The summed E-state index contributed by atoms with van der Waals surface area (Å²) in [7, 11) is 0. The fraction of sp³-hybridized carbons (Fsp3) is 1.00. The van der Waals surface area contributed by atoms with E-state index in [-0.39, 0.29) is 6.10 Å². The molecule has 0 fully saturated rings. The maximum Gasteiger partial charge on any atom is 0.0704 e. The molecular weight excluding hydrogens is 202 g/mol. The van der Waals surface area contributed by atoms with Gasteiger partial charge in [-0.15, -0.1) is 0 Å². The van der Waals surface area contributed by atoms with E-state index in [2.05, 4.69) is 39.9 Å². The van der Waals surface area contributed by atoms with Crippen LogP contribution in [0.1, 0.15) is 41.0 Å². The molecule has 0 aromatic heterocycles. The van der Waals surface area contributed by atoms with E-state index in [0.717, 1.165) is 19.6 Å². The highest BCUT2D eigenvalue weighted by Crippen LogP contribution is 1.99. The lowest BCUT2D eigenvalue weighted by atomic mass is 10.2. The van der Waals surface area contributed by atoms with Gasteiger partial charge in [-0.2, -0.15) is 0 Å². The lowest BCUT2D eigenvalue weighted by molar-refractivity contribution is -0.00532. The SMILES string of the molecule is CCCNC(C)C(C)OCCOCC(C)C. The lowest BCUT2D eigenvalue weighted by Crippen LogP contribution is -2.38. The normalized spacial score (nSPS) is 15.4. The van der Waals surface area contributed by atoms with Crippen LogP contribution in [0.4, 0.5) is 0 Å². The van der Waals surface area contributed by atoms with Crippen LogP contribution < -0.4 is 5.32 Å². The molecule has 0 bridgehead atoms. The Hall–Kier alpha value is -0.120. The molecule has 3 nitrogen and oxygen atoms in total. The van der Waals surface area contributed by atoms with Crippen LogP contribution in [-0.4, -0.2) is 38.5 Å². The zero-order chi connectivity index (χ0) is 12.4. The largest absolute Gasteiger partial charge is 0.379 e. The van der Waals surface area contributed by atoms with Crippen molar-refractivity contribution < 1.29 is 9.47 Å². The summed E-state index contributed by atoms with van der Waals surface area (Å²) in [5.41, 5.74) is 0. The summed E-state index contributed by atoms with van der Waals surface area (Å²) < 4.78 is 11.2. The third kappa shape index (κ3) is 9.13. The first-order valence-electron chi connectivity index (χ1n) is 6.50. The average molecular weight is 231 g/mol. The van der Waals surface area contributed by atoms with Crippen LogP contribution in [0.2, 0.25) is 0 Å². The predicted octanol–water partition coefficient (Wildman–Crippen LogP) is 2.45. The summed E-state index contributed by atoms with van der Waals surface area (Å²) >= 11 is 0. The molecule has 0 rings (SSSR count). The van der Waals surface area contributed by atoms with Gasteiger partial charge in [0.2, 0.25) is 0 Å². The quantitative estimate of drug-likeness (QED) is 0.586. The van der Waals surface area contributed by atoms with Crippen molar-refractivity contribution in [2.75, 3.05) is 26.4 Å². The third-order valence-electron chi connectivity index (χ3n) is 2.48. The Balaban J connectivity index is 3.38. The van der Waals surface area contributed by atoms with E-state index < -0.39 is 0 Å². The van der Waals surface area contributed by atoms with Crippen molar-refractivity contribution in [3.8, 4) is 0 Å². The highest BCUT2D eigenvalue weighted by atomic mass is 16.5. The summed E-state index contributed by atoms with van der Waals surface area (Å²) in [4.78, 5) is 0. The van der Waals surface area contributed by atoms with E-state index >= 15 is 0 Å². The van der Waals surface area contributed by atoms with Crippen LogP contribution in [0.3, 0.4) is 0 Å². The standard InChI is InChI=1S/C13H29NO2/c1-6-7-14-12(4)13(5)16-9-8-15-10-11(2)3/h11-14H,6-10H2,1-5H3. The zero-order valence-corrected chi connectivity index (χ0v) is 11.6. The summed E-state index contributed by atoms with van der Waals surface area (Å²) in [6.07, 6.45) is 1.41. The Bertz CT molecular complexity index is 151. The molecular formula is C13H29NO2. The van der Waals surface area contributed by atoms with E-state index in [9.17, 15) is 0 Å². The Kier molecular flexibility index (Phi) is 9.99. The molecule has 2 unspecified atom stereocenters. The van der Waals surface area contributed by atoms with Crippen LogP contribution in [-0.2, 0) is 9.47 Å². The monoisotopic (exact) mass is 231 g/mol. The number of nitrogens with one attached hydrogen (secondary N) is 1. The Labute approximate surface area is 101 Å². The molecule has 0 radical (unpaired) electrons. The van der Waals surface area contributed by atoms with E-state index in [1.54, 1.807) is 0 Å². The molecule has 16 heavy (non-hydrogen) atoms. The van der Waals surface area contributed by atoms with Gasteiger partial charge in [0.25, 0.3) is 0 Å². The molecule has 2 atom stereocenters. The Morgan fingerprint density at radius 1 is 1.06 bits per heavy atom. The maximum absolute atomic E-state index is 5.70. The van der Waals surface area contributed by atoms with Crippen molar-refractivity contribution in [2.45, 2.75) is 53.2 Å². The summed E-state index contributed by atoms with van der Waals surface area (Å²) in [5, 5.41) is 3.43. The van der Waals surface area contributed by atoms with Crippen molar-refractivity contribution >= 4 is 0 Å². The van der Waals surface area contributed by atoms with E-state index in [0.29, 0.717) is 25.2 Å². The first kappa shape index (κ1) is 15.9. The second-order valence-corrected chi connectivity index (χ2v) is 4.79. The number of ether oxygens (including phenoxy) is 2. The molecule has 0 amide bonds. The van der Waals surface area contributed by atoms with Gasteiger partial charge in [-0.1, -0.05) is 20.8 Å². The van der Waals surface area contributed by atoms with Gasteiger partial charge in [-0.3, -0.25) is 0 Å².